The molecule has 0 radical (unpaired) electrons. The van der Waals surface area contributed by atoms with E-state index in [2.05, 4.69) is 4.74 Å². The van der Waals surface area contributed by atoms with Crippen LogP contribution in [-0.2, 0) is 19.1 Å². The molecule has 0 aliphatic rings. The van der Waals surface area contributed by atoms with Crippen molar-refractivity contribution in [2.45, 2.75) is 26.1 Å². The lowest BCUT2D eigenvalue weighted by Crippen LogP contribution is -2.41. The molecule has 8 heteroatoms. The third-order valence-corrected chi connectivity index (χ3v) is 2.53. The largest absolute Gasteiger partial charge is 0.479 e. The van der Waals surface area contributed by atoms with Crippen molar-refractivity contribution in [3.8, 4) is 5.75 Å². The van der Waals surface area contributed by atoms with Crippen LogP contribution in [-0.4, -0.2) is 37.3 Å². The first-order chi connectivity index (χ1) is 10.3. The summed E-state index contributed by atoms with van der Waals surface area (Å²) in [6.45, 7) is 2.71. The van der Waals surface area contributed by atoms with E-state index in [4.69, 9.17) is 9.47 Å². The number of rotatable bonds is 5. The first-order valence-corrected chi connectivity index (χ1v) is 6.35. The van der Waals surface area contributed by atoms with Gasteiger partial charge in [-0.15, -0.1) is 0 Å². The lowest BCUT2D eigenvalue weighted by atomic mass is 10.3. The number of hydrogen-bond acceptors (Lipinski definition) is 6. The Balaban J connectivity index is 2.51. The number of amides is 2. The number of methoxy groups -OCH3 is 1. The fourth-order valence-corrected chi connectivity index (χ4v) is 1.34. The molecule has 0 saturated heterocycles. The highest BCUT2D eigenvalue weighted by atomic mass is 19.1. The second-order valence-electron chi connectivity index (χ2n) is 4.27. The summed E-state index contributed by atoms with van der Waals surface area (Å²) in [5.41, 5.74) is 0. The van der Waals surface area contributed by atoms with E-state index >= 15 is 0 Å². The van der Waals surface area contributed by atoms with Crippen LogP contribution in [0.15, 0.2) is 24.3 Å². The van der Waals surface area contributed by atoms with Crippen molar-refractivity contribution in [2.24, 2.45) is 0 Å². The van der Waals surface area contributed by atoms with Crippen LogP contribution < -0.4 is 10.1 Å². The molecular weight excluding hydrogens is 297 g/mol. The molecule has 2 amide bonds. The van der Waals surface area contributed by atoms with E-state index in [1.807, 2.05) is 5.32 Å². The van der Waals surface area contributed by atoms with Crippen molar-refractivity contribution in [3.63, 3.8) is 0 Å². The second-order valence-corrected chi connectivity index (χ2v) is 4.27. The smallest absolute Gasteiger partial charge is 0.413 e. The first-order valence-electron chi connectivity index (χ1n) is 6.35. The van der Waals surface area contributed by atoms with Gasteiger partial charge in [-0.1, -0.05) is 0 Å². The second kappa shape index (κ2) is 7.96. The number of carbonyl (C=O) groups is 3. The van der Waals surface area contributed by atoms with E-state index in [-0.39, 0.29) is 5.75 Å². The normalized spacial score (nSPS) is 12.7. The fraction of sp³-hybridized carbons (Fsp3) is 0.357. The number of ether oxygens (including phenoxy) is 3. The highest BCUT2D eigenvalue weighted by Gasteiger charge is 2.24. The average molecular weight is 313 g/mol. The average Bonchev–Trinajstić information content (AvgIpc) is 2.49. The molecule has 0 bridgehead atoms. The van der Waals surface area contributed by atoms with Crippen molar-refractivity contribution in [3.05, 3.63) is 30.1 Å². The molecule has 1 aromatic rings. The van der Waals surface area contributed by atoms with E-state index in [9.17, 15) is 18.8 Å². The van der Waals surface area contributed by atoms with Crippen molar-refractivity contribution in [1.29, 1.82) is 0 Å². The van der Waals surface area contributed by atoms with Gasteiger partial charge in [-0.3, -0.25) is 10.1 Å². The molecule has 0 aliphatic heterocycles. The predicted octanol–water partition coefficient (Wildman–Crippen LogP) is 1.41. The molecule has 7 nitrogen and oxygen atoms in total. The van der Waals surface area contributed by atoms with Gasteiger partial charge >= 0.3 is 12.1 Å². The van der Waals surface area contributed by atoms with Gasteiger partial charge in [0.25, 0.3) is 5.91 Å². The maximum absolute atomic E-state index is 12.7. The van der Waals surface area contributed by atoms with Crippen LogP contribution in [0.2, 0.25) is 0 Å². The maximum Gasteiger partial charge on any atom is 0.413 e. The summed E-state index contributed by atoms with van der Waals surface area (Å²) in [5, 5.41) is 1.87. The first kappa shape index (κ1) is 17.4. The molecule has 0 unspecified atom stereocenters. The van der Waals surface area contributed by atoms with Crippen LogP contribution >= 0.6 is 0 Å². The Kier molecular flexibility index (Phi) is 6.30. The summed E-state index contributed by atoms with van der Waals surface area (Å²) in [4.78, 5) is 34.1. The molecule has 1 aromatic carbocycles. The summed E-state index contributed by atoms with van der Waals surface area (Å²) in [6, 6.07) is 5.07. The van der Waals surface area contributed by atoms with Gasteiger partial charge < -0.3 is 14.2 Å². The quantitative estimate of drug-likeness (QED) is 0.826. The number of halogens is 1. The zero-order valence-electron chi connectivity index (χ0n) is 12.3. The summed E-state index contributed by atoms with van der Waals surface area (Å²) in [6.07, 6.45) is -3.17. The van der Waals surface area contributed by atoms with E-state index in [1.165, 1.54) is 38.1 Å². The van der Waals surface area contributed by atoms with E-state index in [0.29, 0.717) is 0 Å². The Morgan fingerprint density at radius 1 is 1.09 bits per heavy atom. The predicted molar refractivity (Wildman–Crippen MR) is 72.6 cm³/mol. The molecule has 120 valence electrons. The van der Waals surface area contributed by atoms with Crippen LogP contribution in [0, 0.1) is 5.82 Å². The Morgan fingerprint density at radius 3 is 2.23 bits per heavy atom. The van der Waals surface area contributed by atoms with E-state index in [1.54, 1.807) is 0 Å². The van der Waals surface area contributed by atoms with Crippen LogP contribution in [0.5, 0.6) is 5.75 Å². The number of esters is 1. The van der Waals surface area contributed by atoms with E-state index in [0.717, 1.165) is 7.11 Å². The Hall–Kier alpha value is -2.64. The minimum absolute atomic E-state index is 0.275. The number of hydrogen-bond donors (Lipinski definition) is 1. The summed E-state index contributed by atoms with van der Waals surface area (Å²) in [5.74, 6) is -1.79. The van der Waals surface area contributed by atoms with Crippen molar-refractivity contribution >= 4 is 18.0 Å². The molecule has 1 N–H and O–H groups in total. The lowest BCUT2D eigenvalue weighted by molar-refractivity contribution is -0.160. The zero-order chi connectivity index (χ0) is 16.7. The Labute approximate surface area is 126 Å². The monoisotopic (exact) mass is 313 g/mol. The van der Waals surface area contributed by atoms with Gasteiger partial charge in [0.05, 0.1) is 7.11 Å². The molecule has 0 fully saturated rings. The van der Waals surface area contributed by atoms with Gasteiger partial charge in [-0.25, -0.2) is 14.0 Å². The molecule has 22 heavy (non-hydrogen) atoms. The van der Waals surface area contributed by atoms with E-state index < -0.39 is 36.0 Å². The topological polar surface area (TPSA) is 90.9 Å². The SMILES string of the molecule is COC(=O)NC(=O)[C@H](C)OC(=O)[C@@H](C)Oc1ccc(F)cc1. The Bertz CT molecular complexity index is 545. The number of imide groups is 1. The summed E-state index contributed by atoms with van der Waals surface area (Å²) >= 11 is 0. The number of alkyl carbamates (subject to hydrolysis) is 1. The molecule has 0 heterocycles. The van der Waals surface area contributed by atoms with Gasteiger partial charge in [0.15, 0.2) is 12.2 Å². The fourth-order valence-electron chi connectivity index (χ4n) is 1.34. The molecule has 0 aromatic heterocycles. The van der Waals surface area contributed by atoms with Crippen molar-refractivity contribution < 1.29 is 33.0 Å². The van der Waals surface area contributed by atoms with Crippen LogP contribution in [0.25, 0.3) is 0 Å². The standard InChI is InChI=1S/C14H16FNO6/c1-8(12(17)16-14(19)20-3)22-13(18)9(2)21-11-6-4-10(15)5-7-11/h4-9H,1-3H3,(H,16,17,19)/t8-,9+/m0/s1. The number of nitrogens with one attached hydrogen (secondary N) is 1. The van der Waals surface area contributed by atoms with Gasteiger partial charge in [0, 0.05) is 0 Å². The van der Waals surface area contributed by atoms with Gasteiger partial charge in [0.2, 0.25) is 0 Å². The molecule has 0 aliphatic carbocycles. The zero-order valence-corrected chi connectivity index (χ0v) is 12.3. The van der Waals surface area contributed by atoms with Gasteiger partial charge in [0.1, 0.15) is 11.6 Å². The maximum atomic E-state index is 12.7. The highest BCUT2D eigenvalue weighted by Crippen LogP contribution is 2.13. The number of carbonyl (C=O) groups excluding carboxylic acids is 3. The number of benzene rings is 1. The van der Waals surface area contributed by atoms with Crippen LogP contribution in [0.1, 0.15) is 13.8 Å². The molecule has 1 rings (SSSR count). The molecular formula is C14H16FNO6. The van der Waals surface area contributed by atoms with Crippen molar-refractivity contribution in [2.75, 3.05) is 7.11 Å². The summed E-state index contributed by atoms with van der Waals surface area (Å²) < 4.78 is 27.1. The lowest BCUT2D eigenvalue weighted by Gasteiger charge is -2.17. The van der Waals surface area contributed by atoms with Crippen molar-refractivity contribution in [1.82, 2.24) is 5.32 Å². The summed E-state index contributed by atoms with van der Waals surface area (Å²) in [7, 11) is 1.10. The Morgan fingerprint density at radius 2 is 1.68 bits per heavy atom. The third kappa shape index (κ3) is 5.39. The highest BCUT2D eigenvalue weighted by molar-refractivity contribution is 5.95. The van der Waals surface area contributed by atoms with Crippen LogP contribution in [0.3, 0.4) is 0 Å². The minimum Gasteiger partial charge on any atom is -0.479 e. The van der Waals surface area contributed by atoms with Gasteiger partial charge in [-0.2, -0.15) is 0 Å². The molecule has 2 atom stereocenters. The van der Waals surface area contributed by atoms with Crippen LogP contribution in [0.4, 0.5) is 9.18 Å². The minimum atomic E-state index is -1.20. The molecule has 0 spiro atoms. The molecule has 0 saturated carbocycles. The van der Waals surface area contributed by atoms with Gasteiger partial charge in [-0.05, 0) is 38.1 Å². The third-order valence-electron chi connectivity index (χ3n) is 2.53.